The van der Waals surface area contributed by atoms with E-state index < -0.39 is 11.3 Å². The molecule has 0 bridgehead atoms. The summed E-state index contributed by atoms with van der Waals surface area (Å²) >= 11 is 0. The number of aryl methyl sites for hydroxylation is 1. The van der Waals surface area contributed by atoms with Gasteiger partial charge < -0.3 is 15.4 Å². The molecule has 1 atom stereocenters. The number of benzene rings is 1. The second kappa shape index (κ2) is 9.49. The quantitative estimate of drug-likeness (QED) is 0.695. The van der Waals surface area contributed by atoms with Crippen molar-refractivity contribution in [2.24, 2.45) is 11.1 Å². The second-order valence-corrected chi connectivity index (χ2v) is 8.64. The van der Waals surface area contributed by atoms with Crippen LogP contribution in [0.15, 0.2) is 30.3 Å². The van der Waals surface area contributed by atoms with Gasteiger partial charge in [-0.15, -0.1) is 0 Å². The first-order valence-electron chi connectivity index (χ1n) is 10.8. The van der Waals surface area contributed by atoms with E-state index in [0.717, 1.165) is 12.1 Å². The third kappa shape index (κ3) is 5.42. The van der Waals surface area contributed by atoms with Crippen LogP contribution >= 0.6 is 0 Å². The lowest BCUT2D eigenvalue weighted by Gasteiger charge is -2.42. The van der Waals surface area contributed by atoms with Crippen LogP contribution in [-0.2, 0) is 11.3 Å². The Balaban J connectivity index is 1.80. The number of rotatable bonds is 8. The molecular formula is C23H31FN4O3. The van der Waals surface area contributed by atoms with E-state index in [9.17, 15) is 14.0 Å². The number of halogens is 1. The SMILES string of the molecule is CCn1nc(C(C)C)cc1C(=O)N1CCC[C@](COc2ccc(F)cc2)(CC(N)=O)C1. The van der Waals surface area contributed by atoms with E-state index in [1.807, 2.05) is 26.8 Å². The third-order valence-corrected chi connectivity index (χ3v) is 5.77. The summed E-state index contributed by atoms with van der Waals surface area (Å²) < 4.78 is 20.8. The molecule has 1 aromatic carbocycles. The molecule has 1 aromatic heterocycles. The van der Waals surface area contributed by atoms with E-state index in [1.54, 1.807) is 21.7 Å². The van der Waals surface area contributed by atoms with Crippen molar-refractivity contribution in [1.82, 2.24) is 14.7 Å². The highest BCUT2D eigenvalue weighted by Gasteiger charge is 2.40. The molecule has 31 heavy (non-hydrogen) atoms. The van der Waals surface area contributed by atoms with Gasteiger partial charge in [0.15, 0.2) is 0 Å². The summed E-state index contributed by atoms with van der Waals surface area (Å²) in [6, 6.07) is 7.60. The minimum atomic E-state index is -0.591. The molecule has 8 heteroatoms. The van der Waals surface area contributed by atoms with E-state index in [1.165, 1.54) is 12.1 Å². The van der Waals surface area contributed by atoms with Crippen molar-refractivity contribution in [2.45, 2.75) is 52.5 Å². The minimum absolute atomic E-state index is 0.100. The Morgan fingerprint density at radius 3 is 2.61 bits per heavy atom. The molecule has 0 aliphatic carbocycles. The molecule has 168 valence electrons. The highest BCUT2D eigenvalue weighted by molar-refractivity contribution is 5.93. The van der Waals surface area contributed by atoms with Crippen molar-refractivity contribution < 1.29 is 18.7 Å². The monoisotopic (exact) mass is 430 g/mol. The standard InChI is InChI=1S/C23H31FN4O3/c1-4-28-20(12-19(26-28)16(2)3)22(30)27-11-5-10-23(14-27,13-21(25)29)15-31-18-8-6-17(24)7-9-18/h6-9,12,16H,4-5,10-11,13-15H2,1-3H3,(H2,25,29)/t23-/m0/s1. The fraction of sp³-hybridized carbons (Fsp3) is 0.522. The number of ether oxygens (including phenoxy) is 1. The number of piperidine rings is 1. The van der Waals surface area contributed by atoms with E-state index in [-0.39, 0.29) is 30.7 Å². The molecule has 1 aliphatic rings. The van der Waals surface area contributed by atoms with Crippen molar-refractivity contribution in [3.63, 3.8) is 0 Å². The van der Waals surface area contributed by atoms with Gasteiger partial charge in [-0.25, -0.2) is 4.39 Å². The Morgan fingerprint density at radius 1 is 1.29 bits per heavy atom. The maximum absolute atomic E-state index is 13.4. The van der Waals surface area contributed by atoms with Crippen molar-refractivity contribution >= 4 is 11.8 Å². The summed E-state index contributed by atoms with van der Waals surface area (Å²) in [5, 5.41) is 4.55. The summed E-state index contributed by atoms with van der Waals surface area (Å²) in [5.41, 5.74) is 6.40. The summed E-state index contributed by atoms with van der Waals surface area (Å²) in [6.45, 7) is 7.82. The molecule has 2 aromatic rings. The third-order valence-electron chi connectivity index (χ3n) is 5.77. The zero-order valence-corrected chi connectivity index (χ0v) is 18.4. The fourth-order valence-electron chi connectivity index (χ4n) is 4.13. The van der Waals surface area contributed by atoms with Gasteiger partial charge in [0.2, 0.25) is 5.91 Å². The number of hydrogen-bond acceptors (Lipinski definition) is 4. The molecule has 1 saturated heterocycles. The second-order valence-electron chi connectivity index (χ2n) is 8.64. The first-order valence-corrected chi connectivity index (χ1v) is 10.8. The maximum Gasteiger partial charge on any atom is 0.272 e. The number of hydrogen-bond donors (Lipinski definition) is 1. The predicted molar refractivity (Wildman–Crippen MR) is 115 cm³/mol. The number of nitrogens with zero attached hydrogens (tertiary/aromatic N) is 3. The summed E-state index contributed by atoms with van der Waals surface area (Å²) in [4.78, 5) is 27.0. The van der Waals surface area contributed by atoms with Gasteiger partial charge in [0.1, 0.15) is 17.3 Å². The Hall–Kier alpha value is -2.90. The van der Waals surface area contributed by atoms with Gasteiger partial charge in [-0.3, -0.25) is 14.3 Å². The fourth-order valence-corrected chi connectivity index (χ4v) is 4.13. The zero-order valence-electron chi connectivity index (χ0n) is 18.4. The molecule has 3 rings (SSSR count). The van der Waals surface area contributed by atoms with Crippen LogP contribution in [0.1, 0.15) is 62.1 Å². The van der Waals surface area contributed by atoms with Crippen molar-refractivity contribution in [3.8, 4) is 5.75 Å². The van der Waals surface area contributed by atoms with Gasteiger partial charge in [-0.05, 0) is 56.0 Å². The van der Waals surface area contributed by atoms with Crippen LogP contribution in [0.4, 0.5) is 4.39 Å². The topological polar surface area (TPSA) is 90.4 Å². The van der Waals surface area contributed by atoms with Crippen LogP contribution in [0, 0.1) is 11.2 Å². The van der Waals surface area contributed by atoms with Gasteiger partial charge in [0.25, 0.3) is 5.91 Å². The lowest BCUT2D eigenvalue weighted by molar-refractivity contribution is -0.122. The first kappa shape index (κ1) is 22.8. The van der Waals surface area contributed by atoms with Gasteiger partial charge in [0.05, 0.1) is 12.3 Å². The van der Waals surface area contributed by atoms with Gasteiger partial charge >= 0.3 is 0 Å². The number of carbonyl (C=O) groups is 2. The highest BCUT2D eigenvalue weighted by atomic mass is 19.1. The average Bonchev–Trinajstić information content (AvgIpc) is 3.17. The molecule has 1 fully saturated rings. The van der Waals surface area contributed by atoms with Gasteiger partial charge in [0, 0.05) is 31.5 Å². The molecule has 0 saturated carbocycles. The number of nitrogens with two attached hydrogens (primary N) is 1. The summed E-state index contributed by atoms with van der Waals surface area (Å²) in [6.07, 6.45) is 1.57. The average molecular weight is 431 g/mol. The van der Waals surface area contributed by atoms with E-state index in [0.29, 0.717) is 37.5 Å². The lowest BCUT2D eigenvalue weighted by atomic mass is 9.77. The molecule has 0 radical (unpaired) electrons. The van der Waals surface area contributed by atoms with Gasteiger partial charge in [-0.2, -0.15) is 5.10 Å². The lowest BCUT2D eigenvalue weighted by Crippen LogP contribution is -2.50. The minimum Gasteiger partial charge on any atom is -0.493 e. The maximum atomic E-state index is 13.4. The van der Waals surface area contributed by atoms with E-state index in [4.69, 9.17) is 10.5 Å². The van der Waals surface area contributed by atoms with Crippen LogP contribution in [0.2, 0.25) is 0 Å². The van der Waals surface area contributed by atoms with Crippen LogP contribution in [0.3, 0.4) is 0 Å². The predicted octanol–water partition coefficient (Wildman–Crippen LogP) is 3.34. The number of primary amides is 1. The highest BCUT2D eigenvalue weighted by Crippen LogP contribution is 2.35. The molecule has 1 aliphatic heterocycles. The molecule has 0 spiro atoms. The normalized spacial score (nSPS) is 18.9. The van der Waals surface area contributed by atoms with Crippen LogP contribution in [0.25, 0.3) is 0 Å². The van der Waals surface area contributed by atoms with Crippen LogP contribution in [0.5, 0.6) is 5.75 Å². The first-order chi connectivity index (χ1) is 14.7. The summed E-state index contributed by atoms with van der Waals surface area (Å²) in [5.74, 6) is -0.144. The Morgan fingerprint density at radius 2 is 2.00 bits per heavy atom. The molecular weight excluding hydrogens is 399 g/mol. The van der Waals surface area contributed by atoms with Gasteiger partial charge in [-0.1, -0.05) is 13.8 Å². The van der Waals surface area contributed by atoms with Crippen LogP contribution in [-0.4, -0.2) is 46.2 Å². The Labute approximate surface area is 182 Å². The summed E-state index contributed by atoms with van der Waals surface area (Å²) in [7, 11) is 0. The molecule has 2 amide bonds. The molecule has 2 heterocycles. The van der Waals surface area contributed by atoms with Crippen LogP contribution < -0.4 is 10.5 Å². The van der Waals surface area contributed by atoms with Crippen molar-refractivity contribution in [3.05, 3.63) is 47.5 Å². The zero-order chi connectivity index (χ0) is 22.6. The molecule has 2 N–H and O–H groups in total. The van der Waals surface area contributed by atoms with Crippen molar-refractivity contribution in [2.75, 3.05) is 19.7 Å². The van der Waals surface area contributed by atoms with Crippen molar-refractivity contribution in [1.29, 1.82) is 0 Å². The van der Waals surface area contributed by atoms with E-state index in [2.05, 4.69) is 5.10 Å². The number of carbonyl (C=O) groups excluding carboxylic acids is 2. The van der Waals surface area contributed by atoms with E-state index >= 15 is 0 Å². The largest absolute Gasteiger partial charge is 0.493 e. The Bertz CT molecular complexity index is 925. The molecule has 0 unspecified atom stereocenters. The number of aromatic nitrogens is 2. The molecule has 7 nitrogen and oxygen atoms in total. The smallest absolute Gasteiger partial charge is 0.272 e. The number of likely N-dealkylation sites (tertiary alicyclic amines) is 1. The Kier molecular flexibility index (Phi) is 6.97. The number of amides is 2.